The van der Waals surface area contributed by atoms with Crippen LogP contribution < -0.4 is 15.8 Å². The normalized spacial score (nSPS) is 29.4. The van der Waals surface area contributed by atoms with Crippen LogP contribution in [0.1, 0.15) is 12.8 Å². The zero-order valence-electron chi connectivity index (χ0n) is 26.3. The van der Waals surface area contributed by atoms with E-state index in [1.54, 1.807) is 0 Å². The zero-order chi connectivity index (χ0) is 35.6. The van der Waals surface area contributed by atoms with E-state index < -0.39 is 119 Å². The molecule has 2 aliphatic heterocycles. The Bertz CT molecular complexity index is 1360. The van der Waals surface area contributed by atoms with Crippen molar-refractivity contribution < 1.29 is 69.4 Å². The van der Waals surface area contributed by atoms with Gasteiger partial charge in [-0.25, -0.2) is 0 Å². The molecular formula is C34H40O14Sn. The molecule has 0 spiro atoms. The average molecular weight is 791 g/mol. The maximum absolute atomic E-state index is 11.9. The maximum atomic E-state index is 11.9. The Balaban J connectivity index is 0.000000242. The third-order valence-electron chi connectivity index (χ3n) is 8.02. The monoisotopic (exact) mass is 792 g/mol. The van der Waals surface area contributed by atoms with Crippen molar-refractivity contribution >= 4 is 42.4 Å². The molecule has 3 aromatic carbocycles. The van der Waals surface area contributed by atoms with Gasteiger partial charge in [-0.15, -0.1) is 0 Å². The van der Waals surface area contributed by atoms with E-state index in [9.17, 15) is 50.4 Å². The summed E-state index contributed by atoms with van der Waals surface area (Å²) in [5, 5.41) is 79.1. The summed E-state index contributed by atoms with van der Waals surface area (Å²) in [5.41, 5.74) is 0. The minimum atomic E-state index is -2.41. The molecule has 14 nitrogen and oxygen atoms in total. The van der Waals surface area contributed by atoms with E-state index in [1.165, 1.54) is 10.7 Å². The van der Waals surface area contributed by atoms with Crippen molar-refractivity contribution in [2.24, 2.45) is 0 Å². The van der Waals surface area contributed by atoms with E-state index in [4.69, 9.17) is 18.9 Å². The molecule has 3 aromatic rings. The molecule has 7 N–H and O–H groups in total. The molecule has 264 valence electrons. The number of carbonyl (C=O) groups is 2. The molecule has 0 amide bonds. The van der Waals surface area contributed by atoms with Crippen molar-refractivity contribution in [3.05, 3.63) is 91.0 Å². The third kappa shape index (κ3) is 9.62. The van der Waals surface area contributed by atoms with Crippen molar-refractivity contribution in [3.8, 4) is 0 Å². The van der Waals surface area contributed by atoms with Gasteiger partial charge in [-0.05, 0) is 6.42 Å². The average Bonchev–Trinajstić information content (AvgIpc) is 3.39. The first-order valence-electron chi connectivity index (χ1n) is 15.5. The van der Waals surface area contributed by atoms with Crippen LogP contribution in [0.5, 0.6) is 0 Å². The zero-order valence-corrected chi connectivity index (χ0v) is 29.2. The third-order valence-corrected chi connectivity index (χ3v) is 15.8. The van der Waals surface area contributed by atoms with E-state index in [0.717, 1.165) is 0 Å². The predicted octanol–water partition coefficient (Wildman–Crippen LogP) is -4.11. The van der Waals surface area contributed by atoms with Crippen molar-refractivity contribution in [2.75, 3.05) is 19.8 Å². The van der Waals surface area contributed by atoms with E-state index in [-0.39, 0.29) is 0 Å². The number of carboxylic acid groups (broad SMARTS) is 1. The number of aliphatic carboxylic acids is 1. The van der Waals surface area contributed by atoms with Crippen LogP contribution in [0.4, 0.5) is 0 Å². The summed E-state index contributed by atoms with van der Waals surface area (Å²) in [6.07, 6.45) is -14.9. The SMILES string of the molecule is O=C([O-])CCC(=O)O[C@H]1[C@H](O)[C@@H](CO)O[C@@]1(CO)O[C@H]1O[C@H](CO)[C@@H](O)[C@H](O)[C@H]1O.c1cc[c]([Sn+]([c]2ccccc2)[c]2ccccc2)cc1. The van der Waals surface area contributed by atoms with Gasteiger partial charge >= 0.3 is 127 Å². The minimum absolute atomic E-state index is 0.642. The number of carboxylic acids is 1. The van der Waals surface area contributed by atoms with Gasteiger partial charge in [0.25, 0.3) is 0 Å². The summed E-state index contributed by atoms with van der Waals surface area (Å²) in [5.74, 6) is -5.06. The van der Waals surface area contributed by atoms with Gasteiger partial charge in [0.15, 0.2) is 12.4 Å². The van der Waals surface area contributed by atoms with Crippen LogP contribution in [0.3, 0.4) is 0 Å². The van der Waals surface area contributed by atoms with Gasteiger partial charge in [0.05, 0.1) is 19.6 Å². The van der Waals surface area contributed by atoms with Gasteiger partial charge in [0, 0.05) is 5.97 Å². The number of hydrogen-bond acceptors (Lipinski definition) is 14. The standard InChI is InChI=1S/C16H26O14.3C6H5.Sn/c17-3-6-10(23)12(25)13(26)15(27-6)30-16(5-19)14(11(24)7(4-18)29-16)28-9(22)2-1-8(20)21;3*1-2-4-6-5-3-1;/h6-7,10-15,17-19,23-26H,1-5H2,(H,20,21);3*1-5H;/q;;;;+1/p-1/t6-,7-,10-,11-,12+,13-,14+,15-,16+;;;;/m1..../s1. The molecule has 0 unspecified atom stereocenters. The van der Waals surface area contributed by atoms with Gasteiger partial charge in [-0.1, -0.05) is 0 Å². The van der Waals surface area contributed by atoms with Gasteiger partial charge in [-0.3, -0.25) is 4.79 Å². The van der Waals surface area contributed by atoms with Crippen LogP contribution >= 0.6 is 0 Å². The van der Waals surface area contributed by atoms with Crippen molar-refractivity contribution in [3.63, 3.8) is 0 Å². The molecule has 0 aromatic heterocycles. The van der Waals surface area contributed by atoms with Crippen LogP contribution in [0.2, 0.25) is 0 Å². The quantitative estimate of drug-likeness (QED) is 0.0683. The number of rotatable bonds is 12. The number of aliphatic hydroxyl groups excluding tert-OH is 7. The molecule has 15 heteroatoms. The Kier molecular flexibility index (Phi) is 14.5. The fourth-order valence-electron chi connectivity index (χ4n) is 5.49. The molecule has 49 heavy (non-hydrogen) atoms. The molecule has 0 bridgehead atoms. The summed E-state index contributed by atoms with van der Waals surface area (Å²) >= 11 is -1.98. The van der Waals surface area contributed by atoms with Gasteiger partial charge in [-0.2, -0.15) is 0 Å². The van der Waals surface area contributed by atoms with Gasteiger partial charge < -0.3 is 64.6 Å². The topological polar surface area (TPSA) is 236 Å². The second-order valence-corrected chi connectivity index (χ2v) is 18.5. The summed E-state index contributed by atoms with van der Waals surface area (Å²) in [6.45, 7) is -2.68. The number of esters is 1. The second-order valence-electron chi connectivity index (χ2n) is 11.4. The molecule has 0 saturated carbocycles. The number of ether oxygens (including phenoxy) is 4. The Hall–Kier alpha value is -3.00. The fraction of sp³-hybridized carbons (Fsp3) is 0.412. The van der Waals surface area contributed by atoms with Gasteiger partial charge in [0.1, 0.15) is 43.2 Å². The summed E-state index contributed by atoms with van der Waals surface area (Å²) in [6, 6.07) is 32.9. The Morgan fingerprint density at radius 1 is 0.694 bits per heavy atom. The molecule has 0 radical (unpaired) electrons. The van der Waals surface area contributed by atoms with E-state index in [2.05, 4.69) is 91.0 Å². The predicted molar refractivity (Wildman–Crippen MR) is 171 cm³/mol. The Labute approximate surface area is 289 Å². The summed E-state index contributed by atoms with van der Waals surface area (Å²) in [4.78, 5) is 22.4. The van der Waals surface area contributed by atoms with Crippen LogP contribution in [-0.2, 0) is 28.5 Å². The fourth-order valence-corrected chi connectivity index (χ4v) is 12.8. The Morgan fingerprint density at radius 3 is 1.61 bits per heavy atom. The van der Waals surface area contributed by atoms with Crippen LogP contribution in [0.25, 0.3) is 0 Å². The summed E-state index contributed by atoms with van der Waals surface area (Å²) in [7, 11) is 0. The first-order valence-corrected chi connectivity index (χ1v) is 19.8. The number of aliphatic hydroxyl groups is 7. The van der Waals surface area contributed by atoms with Crippen LogP contribution in [0.15, 0.2) is 91.0 Å². The molecule has 5 rings (SSSR count). The number of benzene rings is 3. The van der Waals surface area contributed by atoms with Crippen LogP contribution in [-0.4, -0.2) is 142 Å². The number of carbonyl (C=O) groups excluding carboxylic acids is 2. The molecule has 2 heterocycles. The molecule has 9 atom stereocenters. The van der Waals surface area contributed by atoms with Crippen molar-refractivity contribution in [1.29, 1.82) is 0 Å². The second kappa shape index (κ2) is 18.3. The van der Waals surface area contributed by atoms with E-state index in [0.29, 0.717) is 0 Å². The van der Waals surface area contributed by atoms with E-state index >= 15 is 0 Å². The van der Waals surface area contributed by atoms with Crippen LogP contribution in [0, 0.1) is 0 Å². The van der Waals surface area contributed by atoms with Crippen molar-refractivity contribution in [2.45, 2.75) is 67.6 Å². The molecule has 2 fully saturated rings. The van der Waals surface area contributed by atoms with E-state index in [1.807, 2.05) is 0 Å². The van der Waals surface area contributed by atoms with Crippen molar-refractivity contribution in [1.82, 2.24) is 0 Å². The van der Waals surface area contributed by atoms with Gasteiger partial charge in [0.2, 0.25) is 5.79 Å². The first kappa shape index (κ1) is 38.8. The molecule has 2 aliphatic rings. The first-order chi connectivity index (χ1) is 23.5. The Morgan fingerprint density at radius 2 is 1.18 bits per heavy atom. The number of hydrogen-bond donors (Lipinski definition) is 7. The molecule has 2 saturated heterocycles. The molecule has 0 aliphatic carbocycles. The molecular weight excluding hydrogens is 751 g/mol. The summed E-state index contributed by atoms with van der Waals surface area (Å²) < 4.78 is 25.4.